The van der Waals surface area contributed by atoms with Crippen LogP contribution in [0.4, 0.5) is 5.69 Å². The molecule has 132 valence electrons. The van der Waals surface area contributed by atoms with Gasteiger partial charge in [0.05, 0.1) is 25.8 Å². The molecule has 1 aliphatic heterocycles. The van der Waals surface area contributed by atoms with E-state index in [1.54, 1.807) is 37.3 Å². The number of rotatable bonds is 7. The average molecular weight is 335 g/mol. The van der Waals surface area contributed by atoms with E-state index in [-0.39, 0.29) is 24.2 Å². The van der Waals surface area contributed by atoms with Crippen LogP contribution < -0.4 is 19.7 Å². The Morgan fingerprint density at radius 1 is 1.33 bits per heavy atom. The second-order valence-electron chi connectivity index (χ2n) is 6.04. The quantitative estimate of drug-likeness (QED) is 0.796. The molecule has 0 aliphatic carbocycles. The third-order valence-electron chi connectivity index (χ3n) is 4.03. The second-order valence-corrected chi connectivity index (χ2v) is 6.04. The lowest BCUT2D eigenvalue weighted by Crippen LogP contribution is -2.36. The molecule has 0 unspecified atom stereocenters. The standard InChI is InChI=1S/C17H25N3O4/c1-19(2)8-7-18-17(22)12-9-16(21)20(11-12)14-10-13(23-3)5-6-15(14)24-4/h5-6,10,12H,7-9,11H2,1-4H3,(H,18,22)/t12-/m0/s1. The molecule has 1 aliphatic rings. The number of carbonyl (C=O) groups is 2. The zero-order valence-electron chi connectivity index (χ0n) is 14.7. The molecule has 0 aromatic heterocycles. The summed E-state index contributed by atoms with van der Waals surface area (Å²) in [6.07, 6.45) is 0.203. The topological polar surface area (TPSA) is 71.1 Å². The number of amides is 2. The number of hydrogen-bond acceptors (Lipinski definition) is 5. The minimum atomic E-state index is -0.351. The van der Waals surface area contributed by atoms with Crippen LogP contribution >= 0.6 is 0 Å². The summed E-state index contributed by atoms with van der Waals surface area (Å²) in [5, 5.41) is 2.88. The highest BCUT2D eigenvalue weighted by Crippen LogP contribution is 2.35. The van der Waals surface area contributed by atoms with Gasteiger partial charge in [-0.2, -0.15) is 0 Å². The molecule has 1 heterocycles. The minimum absolute atomic E-state index is 0.0884. The number of likely N-dealkylation sites (N-methyl/N-ethyl adjacent to an activating group) is 1. The normalized spacial score (nSPS) is 17.3. The van der Waals surface area contributed by atoms with Crippen molar-refractivity contribution in [3.05, 3.63) is 18.2 Å². The Kier molecular flexibility index (Phi) is 6.03. The minimum Gasteiger partial charge on any atom is -0.497 e. The smallest absolute Gasteiger partial charge is 0.227 e. The number of nitrogens with zero attached hydrogens (tertiary/aromatic N) is 2. The molecule has 0 saturated carbocycles. The summed E-state index contributed by atoms with van der Waals surface area (Å²) in [5.74, 6) is 0.690. The molecule has 0 spiro atoms. The third kappa shape index (κ3) is 4.17. The zero-order chi connectivity index (χ0) is 17.7. The van der Waals surface area contributed by atoms with Crippen LogP contribution in [-0.2, 0) is 9.59 Å². The van der Waals surface area contributed by atoms with Crippen LogP contribution in [0.3, 0.4) is 0 Å². The lowest BCUT2D eigenvalue weighted by atomic mass is 10.1. The highest BCUT2D eigenvalue weighted by molar-refractivity contribution is 6.01. The van der Waals surface area contributed by atoms with Crippen LogP contribution in [0.15, 0.2) is 18.2 Å². The predicted octanol–water partition coefficient (Wildman–Crippen LogP) is 0.735. The highest BCUT2D eigenvalue weighted by atomic mass is 16.5. The molecule has 1 aromatic rings. The Balaban J connectivity index is 2.08. The van der Waals surface area contributed by atoms with Crippen LogP contribution in [0.1, 0.15) is 6.42 Å². The summed E-state index contributed by atoms with van der Waals surface area (Å²) in [4.78, 5) is 28.2. The van der Waals surface area contributed by atoms with E-state index in [0.717, 1.165) is 6.54 Å². The van der Waals surface area contributed by atoms with Crippen LogP contribution in [0, 0.1) is 5.92 Å². The van der Waals surface area contributed by atoms with Crippen molar-refractivity contribution in [3.63, 3.8) is 0 Å². The molecule has 24 heavy (non-hydrogen) atoms. The number of hydrogen-bond donors (Lipinski definition) is 1. The Hall–Kier alpha value is -2.28. The Morgan fingerprint density at radius 3 is 2.71 bits per heavy atom. The predicted molar refractivity (Wildman–Crippen MR) is 91.6 cm³/mol. The Morgan fingerprint density at radius 2 is 2.08 bits per heavy atom. The van der Waals surface area contributed by atoms with Crippen molar-refractivity contribution in [3.8, 4) is 11.5 Å². The molecule has 1 atom stereocenters. The van der Waals surface area contributed by atoms with Crippen molar-refractivity contribution < 1.29 is 19.1 Å². The monoisotopic (exact) mass is 335 g/mol. The summed E-state index contributed by atoms with van der Waals surface area (Å²) in [5.41, 5.74) is 0.630. The van der Waals surface area contributed by atoms with Gasteiger partial charge in [-0.1, -0.05) is 0 Å². The molecule has 7 heteroatoms. The number of anilines is 1. The van der Waals surface area contributed by atoms with Gasteiger partial charge in [0.1, 0.15) is 11.5 Å². The average Bonchev–Trinajstić information content (AvgIpc) is 2.95. The molecule has 1 N–H and O–H groups in total. The van der Waals surface area contributed by atoms with Crippen molar-refractivity contribution in [2.45, 2.75) is 6.42 Å². The van der Waals surface area contributed by atoms with Gasteiger partial charge in [-0.25, -0.2) is 0 Å². The lowest BCUT2D eigenvalue weighted by Gasteiger charge is -2.20. The summed E-state index contributed by atoms with van der Waals surface area (Å²) in [7, 11) is 7.01. The Bertz CT molecular complexity index is 603. The largest absolute Gasteiger partial charge is 0.497 e. The first-order valence-electron chi connectivity index (χ1n) is 7.91. The van der Waals surface area contributed by atoms with Gasteiger partial charge in [0.2, 0.25) is 11.8 Å². The fourth-order valence-corrected chi connectivity index (χ4v) is 2.67. The van der Waals surface area contributed by atoms with Crippen molar-refractivity contribution >= 4 is 17.5 Å². The van der Waals surface area contributed by atoms with Gasteiger partial charge in [0.25, 0.3) is 0 Å². The van der Waals surface area contributed by atoms with Gasteiger partial charge < -0.3 is 24.6 Å². The summed E-state index contributed by atoms with van der Waals surface area (Å²) >= 11 is 0. The maximum Gasteiger partial charge on any atom is 0.227 e. The van der Waals surface area contributed by atoms with Crippen molar-refractivity contribution in [2.24, 2.45) is 5.92 Å². The van der Waals surface area contributed by atoms with Gasteiger partial charge in [-0.05, 0) is 26.2 Å². The summed E-state index contributed by atoms with van der Waals surface area (Å²) in [6.45, 7) is 1.68. The molecule has 1 fully saturated rings. The first kappa shape index (κ1) is 18.1. The van der Waals surface area contributed by atoms with E-state index < -0.39 is 0 Å². The van der Waals surface area contributed by atoms with E-state index in [1.165, 1.54) is 0 Å². The maximum atomic E-state index is 12.4. The number of methoxy groups -OCH3 is 2. The van der Waals surface area contributed by atoms with E-state index in [4.69, 9.17) is 9.47 Å². The first-order chi connectivity index (χ1) is 11.5. The molecule has 1 aromatic carbocycles. The molecule has 0 radical (unpaired) electrons. The molecule has 2 rings (SSSR count). The van der Waals surface area contributed by atoms with Gasteiger partial charge in [-0.15, -0.1) is 0 Å². The summed E-state index contributed by atoms with van der Waals surface area (Å²) in [6, 6.07) is 5.28. The van der Waals surface area contributed by atoms with E-state index in [1.807, 2.05) is 19.0 Å². The Labute approximate surface area is 142 Å². The maximum absolute atomic E-state index is 12.4. The fraction of sp³-hybridized carbons (Fsp3) is 0.529. The lowest BCUT2D eigenvalue weighted by molar-refractivity contribution is -0.126. The number of benzene rings is 1. The van der Waals surface area contributed by atoms with E-state index in [2.05, 4.69) is 5.32 Å². The second kappa shape index (κ2) is 8.01. The van der Waals surface area contributed by atoms with Gasteiger partial charge >= 0.3 is 0 Å². The molecular weight excluding hydrogens is 310 g/mol. The van der Waals surface area contributed by atoms with E-state index in [0.29, 0.717) is 30.3 Å². The van der Waals surface area contributed by atoms with Crippen LogP contribution in [0.5, 0.6) is 11.5 Å². The van der Waals surface area contributed by atoms with Gasteiger partial charge in [0, 0.05) is 32.1 Å². The zero-order valence-corrected chi connectivity index (χ0v) is 14.7. The fourth-order valence-electron chi connectivity index (χ4n) is 2.67. The van der Waals surface area contributed by atoms with Gasteiger partial charge in [-0.3, -0.25) is 9.59 Å². The summed E-state index contributed by atoms with van der Waals surface area (Å²) < 4.78 is 10.6. The third-order valence-corrected chi connectivity index (χ3v) is 4.03. The van der Waals surface area contributed by atoms with Crippen LogP contribution in [-0.4, -0.2) is 64.7 Å². The number of nitrogens with one attached hydrogen (secondary N) is 1. The van der Waals surface area contributed by atoms with Gasteiger partial charge in [0.15, 0.2) is 0 Å². The van der Waals surface area contributed by atoms with E-state index in [9.17, 15) is 9.59 Å². The number of carbonyl (C=O) groups excluding carboxylic acids is 2. The number of ether oxygens (including phenoxy) is 2. The van der Waals surface area contributed by atoms with Crippen molar-refractivity contribution in [2.75, 3.05) is 52.8 Å². The van der Waals surface area contributed by atoms with Crippen molar-refractivity contribution in [1.29, 1.82) is 0 Å². The molecule has 1 saturated heterocycles. The molecule has 7 nitrogen and oxygen atoms in total. The SMILES string of the molecule is COc1ccc(OC)c(N2C[C@@H](C(=O)NCCN(C)C)CC2=O)c1. The van der Waals surface area contributed by atoms with Crippen LogP contribution in [0.25, 0.3) is 0 Å². The van der Waals surface area contributed by atoms with Crippen LogP contribution in [0.2, 0.25) is 0 Å². The molecule has 2 amide bonds. The van der Waals surface area contributed by atoms with Crippen molar-refractivity contribution in [1.82, 2.24) is 10.2 Å². The first-order valence-corrected chi connectivity index (χ1v) is 7.91. The molecular formula is C17H25N3O4. The van der Waals surface area contributed by atoms with E-state index >= 15 is 0 Å². The highest BCUT2D eigenvalue weighted by Gasteiger charge is 2.36. The molecule has 0 bridgehead atoms.